The molecule has 0 bridgehead atoms. The minimum absolute atomic E-state index is 0.101. The molecule has 2 N–H and O–H groups in total. The third kappa shape index (κ3) is 4.49. The molecule has 2 saturated heterocycles. The molecule has 1 saturated carbocycles. The molecule has 2 amide bonds. The third-order valence-electron chi connectivity index (χ3n) is 6.00. The zero-order valence-corrected chi connectivity index (χ0v) is 14.8. The summed E-state index contributed by atoms with van der Waals surface area (Å²) in [5.74, 6) is -2.49. The van der Waals surface area contributed by atoms with Gasteiger partial charge in [0.25, 0.3) is 5.92 Å². The first kappa shape index (κ1) is 18.5. The first-order valence-corrected chi connectivity index (χ1v) is 9.57. The molecule has 1 atom stereocenters. The highest BCUT2D eigenvalue weighted by atomic mass is 19.3. The van der Waals surface area contributed by atoms with Gasteiger partial charge in [-0.2, -0.15) is 0 Å². The Balaban J connectivity index is 1.44. The van der Waals surface area contributed by atoms with E-state index >= 15 is 0 Å². The van der Waals surface area contributed by atoms with Gasteiger partial charge in [-0.1, -0.05) is 0 Å². The summed E-state index contributed by atoms with van der Waals surface area (Å²) < 4.78 is 26.5. The van der Waals surface area contributed by atoms with Crippen molar-refractivity contribution in [2.24, 2.45) is 11.7 Å². The molecule has 2 aliphatic heterocycles. The third-order valence-corrected chi connectivity index (χ3v) is 6.00. The molecule has 7 heteroatoms. The number of hydrogen-bond donors (Lipinski definition) is 1. The average Bonchev–Trinajstić information content (AvgIpc) is 2.95. The van der Waals surface area contributed by atoms with Crippen LogP contribution in [0.2, 0.25) is 0 Å². The molecular weight excluding hydrogens is 328 g/mol. The summed E-state index contributed by atoms with van der Waals surface area (Å²) in [5, 5.41) is 0. The van der Waals surface area contributed by atoms with Gasteiger partial charge in [-0.3, -0.25) is 9.59 Å². The second kappa shape index (κ2) is 7.56. The van der Waals surface area contributed by atoms with Crippen molar-refractivity contribution in [1.82, 2.24) is 9.80 Å². The molecule has 0 aromatic rings. The molecule has 2 heterocycles. The van der Waals surface area contributed by atoms with Gasteiger partial charge in [0, 0.05) is 32.0 Å². The van der Waals surface area contributed by atoms with Gasteiger partial charge < -0.3 is 15.5 Å². The summed E-state index contributed by atoms with van der Waals surface area (Å²) in [6, 6.07) is -0.361. The maximum atomic E-state index is 13.3. The Morgan fingerprint density at radius 1 is 1.20 bits per heavy atom. The molecule has 1 aliphatic carbocycles. The lowest BCUT2D eigenvalue weighted by Crippen LogP contribution is -2.46. The SMILES string of the molecule is N[C@@H](CC1CCC(N2CCCCC2=O)CC1)C(=O)N1CCC(F)(F)C1. The minimum atomic E-state index is -2.77. The van der Waals surface area contributed by atoms with Gasteiger partial charge in [-0.25, -0.2) is 8.78 Å². The summed E-state index contributed by atoms with van der Waals surface area (Å²) in [6.45, 7) is 0.474. The van der Waals surface area contributed by atoms with E-state index in [0.717, 1.165) is 45.1 Å². The van der Waals surface area contributed by atoms with Crippen LogP contribution in [-0.4, -0.2) is 59.3 Å². The fourth-order valence-electron chi connectivity index (χ4n) is 4.52. The monoisotopic (exact) mass is 357 g/mol. The maximum absolute atomic E-state index is 13.3. The minimum Gasteiger partial charge on any atom is -0.340 e. The molecule has 3 rings (SSSR count). The lowest BCUT2D eigenvalue weighted by atomic mass is 9.81. The van der Waals surface area contributed by atoms with E-state index in [2.05, 4.69) is 0 Å². The van der Waals surface area contributed by atoms with E-state index in [1.165, 1.54) is 4.90 Å². The van der Waals surface area contributed by atoms with Crippen molar-refractivity contribution in [2.75, 3.05) is 19.6 Å². The summed E-state index contributed by atoms with van der Waals surface area (Å²) in [7, 11) is 0. The first-order chi connectivity index (χ1) is 11.9. The van der Waals surface area contributed by atoms with Crippen LogP contribution in [0.15, 0.2) is 0 Å². The molecule has 142 valence electrons. The molecule has 3 fully saturated rings. The van der Waals surface area contributed by atoms with Crippen molar-refractivity contribution in [3.8, 4) is 0 Å². The summed E-state index contributed by atoms with van der Waals surface area (Å²) in [4.78, 5) is 27.6. The quantitative estimate of drug-likeness (QED) is 0.838. The zero-order chi connectivity index (χ0) is 18.0. The Hall–Kier alpha value is -1.24. The largest absolute Gasteiger partial charge is 0.340 e. The highest BCUT2D eigenvalue weighted by Gasteiger charge is 2.41. The van der Waals surface area contributed by atoms with Gasteiger partial charge >= 0.3 is 0 Å². The molecule has 5 nitrogen and oxygen atoms in total. The van der Waals surface area contributed by atoms with Gasteiger partial charge in [0.1, 0.15) is 0 Å². The predicted octanol–water partition coefficient (Wildman–Crippen LogP) is 2.14. The fraction of sp³-hybridized carbons (Fsp3) is 0.889. The van der Waals surface area contributed by atoms with Crippen LogP contribution in [0.25, 0.3) is 0 Å². The number of piperidine rings is 1. The number of nitrogens with two attached hydrogens (primary N) is 1. The van der Waals surface area contributed by atoms with Crippen LogP contribution in [0.4, 0.5) is 8.78 Å². The first-order valence-electron chi connectivity index (χ1n) is 9.57. The van der Waals surface area contributed by atoms with Crippen LogP contribution in [0, 0.1) is 5.92 Å². The van der Waals surface area contributed by atoms with E-state index in [9.17, 15) is 18.4 Å². The second-order valence-electron chi connectivity index (χ2n) is 7.93. The number of amides is 2. The van der Waals surface area contributed by atoms with E-state index < -0.39 is 18.5 Å². The highest BCUT2D eigenvalue weighted by Crippen LogP contribution is 2.33. The van der Waals surface area contributed by atoms with Gasteiger partial charge in [0.15, 0.2) is 0 Å². The van der Waals surface area contributed by atoms with Crippen molar-refractivity contribution >= 4 is 11.8 Å². The molecule has 0 aromatic carbocycles. The molecule has 0 aromatic heterocycles. The number of carbonyl (C=O) groups excluding carboxylic acids is 2. The van der Waals surface area contributed by atoms with Gasteiger partial charge in [0.2, 0.25) is 11.8 Å². The number of alkyl halides is 2. The highest BCUT2D eigenvalue weighted by molar-refractivity contribution is 5.82. The van der Waals surface area contributed by atoms with Crippen molar-refractivity contribution in [2.45, 2.75) is 75.8 Å². The Kier molecular flexibility index (Phi) is 5.61. The van der Waals surface area contributed by atoms with Gasteiger partial charge in [-0.15, -0.1) is 0 Å². The summed E-state index contributed by atoms with van der Waals surface area (Å²) in [6.07, 6.45) is 6.86. The number of nitrogens with zero attached hydrogens (tertiary/aromatic N) is 2. The van der Waals surface area contributed by atoms with Crippen LogP contribution in [0.5, 0.6) is 0 Å². The molecule has 0 spiro atoms. The van der Waals surface area contributed by atoms with Crippen molar-refractivity contribution < 1.29 is 18.4 Å². The van der Waals surface area contributed by atoms with E-state index in [0.29, 0.717) is 24.8 Å². The van der Waals surface area contributed by atoms with Gasteiger partial charge in [-0.05, 0) is 50.9 Å². The van der Waals surface area contributed by atoms with Crippen LogP contribution in [0.3, 0.4) is 0 Å². The fourth-order valence-corrected chi connectivity index (χ4v) is 4.52. The predicted molar refractivity (Wildman–Crippen MR) is 90.0 cm³/mol. The number of halogens is 2. The standard InChI is InChI=1S/C18H29F2N3O2/c19-18(20)8-10-22(12-18)17(25)15(21)11-13-4-6-14(7-5-13)23-9-2-1-3-16(23)24/h13-15H,1-12,21H2/t13?,14?,15-/m0/s1. The smallest absolute Gasteiger partial charge is 0.267 e. The Bertz CT molecular complexity index is 507. The molecule has 25 heavy (non-hydrogen) atoms. The van der Waals surface area contributed by atoms with Crippen molar-refractivity contribution in [3.63, 3.8) is 0 Å². The Morgan fingerprint density at radius 2 is 1.92 bits per heavy atom. The summed E-state index contributed by atoms with van der Waals surface area (Å²) in [5.41, 5.74) is 6.02. The summed E-state index contributed by atoms with van der Waals surface area (Å²) >= 11 is 0. The lowest BCUT2D eigenvalue weighted by molar-refractivity contribution is -0.136. The molecular formula is C18H29F2N3O2. The normalized spacial score (nSPS) is 31.2. The molecule has 3 aliphatic rings. The van der Waals surface area contributed by atoms with E-state index in [1.54, 1.807) is 0 Å². The lowest BCUT2D eigenvalue weighted by Gasteiger charge is -2.39. The average molecular weight is 357 g/mol. The van der Waals surface area contributed by atoms with Crippen LogP contribution < -0.4 is 5.73 Å². The topological polar surface area (TPSA) is 66.6 Å². The van der Waals surface area contributed by atoms with Crippen molar-refractivity contribution in [1.29, 1.82) is 0 Å². The van der Waals surface area contributed by atoms with E-state index in [-0.39, 0.29) is 24.8 Å². The second-order valence-corrected chi connectivity index (χ2v) is 7.93. The number of rotatable bonds is 4. The van der Waals surface area contributed by atoms with Crippen LogP contribution in [-0.2, 0) is 9.59 Å². The van der Waals surface area contributed by atoms with Gasteiger partial charge in [0.05, 0.1) is 12.6 Å². The Labute approximate surface area is 147 Å². The molecule has 0 unspecified atom stereocenters. The number of likely N-dealkylation sites (tertiary alicyclic amines) is 2. The molecule has 0 radical (unpaired) electrons. The van der Waals surface area contributed by atoms with E-state index in [4.69, 9.17) is 5.73 Å². The van der Waals surface area contributed by atoms with Crippen molar-refractivity contribution in [3.05, 3.63) is 0 Å². The number of hydrogen-bond acceptors (Lipinski definition) is 3. The number of carbonyl (C=O) groups is 2. The Morgan fingerprint density at radius 3 is 2.52 bits per heavy atom. The maximum Gasteiger partial charge on any atom is 0.267 e. The zero-order valence-electron chi connectivity index (χ0n) is 14.8. The van der Waals surface area contributed by atoms with E-state index in [1.807, 2.05) is 4.90 Å². The van der Waals surface area contributed by atoms with Crippen LogP contribution >= 0.6 is 0 Å². The van der Waals surface area contributed by atoms with Crippen LogP contribution in [0.1, 0.15) is 57.8 Å².